The molecule has 0 spiro atoms. The van der Waals surface area contributed by atoms with E-state index in [1.807, 2.05) is 0 Å². The van der Waals surface area contributed by atoms with Gasteiger partial charge in [0.05, 0.1) is 0 Å². The maximum absolute atomic E-state index is 2.83. The van der Waals surface area contributed by atoms with Crippen LogP contribution in [0.25, 0.3) is 0 Å². The van der Waals surface area contributed by atoms with Gasteiger partial charge in [0.1, 0.15) is 0 Å². The number of hydrogen-bond acceptors (Lipinski definition) is 0. The molecule has 0 nitrogen and oxygen atoms in total. The van der Waals surface area contributed by atoms with Crippen molar-refractivity contribution in [2.75, 3.05) is 0 Å². The van der Waals surface area contributed by atoms with Crippen LogP contribution in [0, 0.1) is 6.92 Å². The quantitative estimate of drug-likeness (QED) is 0.588. The fourth-order valence-electron chi connectivity index (χ4n) is 1.18. The van der Waals surface area contributed by atoms with E-state index in [0.29, 0.717) is 0 Å². The molecule has 2 atom stereocenters. The van der Waals surface area contributed by atoms with Crippen LogP contribution in [0.4, 0.5) is 0 Å². The molecule has 0 aliphatic carbocycles. The van der Waals surface area contributed by atoms with Crippen LogP contribution in [0.2, 0.25) is 0 Å². The lowest BCUT2D eigenvalue weighted by molar-refractivity contribution is 0.996. The molecule has 0 bridgehead atoms. The van der Waals surface area contributed by atoms with Crippen molar-refractivity contribution in [2.45, 2.75) is 18.7 Å². The molecule has 0 fully saturated rings. The van der Waals surface area contributed by atoms with Crippen LogP contribution in [0.3, 0.4) is 0 Å². The topological polar surface area (TPSA) is 0 Å². The van der Waals surface area contributed by atoms with Crippen molar-refractivity contribution in [3.63, 3.8) is 0 Å². The molecule has 0 aliphatic rings. The van der Waals surface area contributed by atoms with Crippen LogP contribution in [0.5, 0.6) is 0 Å². The van der Waals surface area contributed by atoms with Crippen molar-refractivity contribution >= 4 is 18.5 Å². The lowest BCUT2D eigenvalue weighted by atomic mass is 10.1. The maximum atomic E-state index is 2.83. The molecule has 1 aromatic rings. The minimum atomic E-state index is 0.116. The van der Waals surface area contributed by atoms with E-state index in [1.165, 1.54) is 11.1 Å². The number of rotatable bonds is 1. The van der Waals surface area contributed by atoms with Crippen LogP contribution in [-0.4, -0.2) is 0 Å². The van der Waals surface area contributed by atoms with Gasteiger partial charge in [-0.2, -0.15) is 0 Å². The Balaban J connectivity index is 3.14. The summed E-state index contributed by atoms with van der Waals surface area (Å²) in [6, 6.07) is 8.45. The summed E-state index contributed by atoms with van der Waals surface area (Å²) >= 11 is 0. The van der Waals surface area contributed by atoms with Gasteiger partial charge < -0.3 is 0 Å². The van der Waals surface area contributed by atoms with E-state index in [4.69, 9.17) is 0 Å². The molecule has 2 unspecified atom stereocenters. The van der Waals surface area contributed by atoms with Gasteiger partial charge in [-0.3, -0.25) is 0 Å². The first-order valence-electron chi connectivity index (χ1n) is 3.65. The van der Waals surface area contributed by atoms with Crippen LogP contribution in [0.1, 0.15) is 18.1 Å². The van der Waals surface area contributed by atoms with Crippen LogP contribution in [0.15, 0.2) is 24.3 Å². The first-order valence-corrected chi connectivity index (χ1v) is 4.81. The summed E-state index contributed by atoms with van der Waals surface area (Å²) in [6.07, 6.45) is 0. The zero-order valence-corrected chi connectivity index (χ0v) is 9.27. The van der Waals surface area contributed by atoms with Gasteiger partial charge in [-0.05, 0) is 25.0 Å². The summed E-state index contributed by atoms with van der Waals surface area (Å²) < 4.78 is 0. The third-order valence-corrected chi connectivity index (χ3v) is 2.35. The summed E-state index contributed by atoms with van der Waals surface area (Å²) in [4.78, 5) is 0.116. The normalized spacial score (nSPS) is 11.6. The average Bonchev–Trinajstić information content (AvgIpc) is 1.86. The molecule has 1 aromatic carbocycles. The molecule has 0 aromatic heterocycles. The van der Waals surface area contributed by atoms with Crippen LogP contribution < -0.4 is 0 Å². The lowest BCUT2D eigenvalue weighted by Crippen LogP contribution is -2.03. The van der Waals surface area contributed by atoms with E-state index in [2.05, 4.69) is 56.6 Å². The van der Waals surface area contributed by atoms with E-state index in [-0.39, 0.29) is 4.90 Å². The third kappa shape index (κ3) is 2.26. The standard InChI is InChI=1S/C9H14P2/c1-7-5-3-4-6-8(7)9(2,10)11/h3-6H,10-11H2,1-2H3. The number of aryl methyl sites for hydroxylation is 1. The fourth-order valence-corrected chi connectivity index (χ4v) is 1.83. The highest BCUT2D eigenvalue weighted by Gasteiger charge is 2.14. The Morgan fingerprint density at radius 1 is 1.18 bits per heavy atom. The predicted octanol–water partition coefficient (Wildman–Crippen LogP) is 2.92. The van der Waals surface area contributed by atoms with Crippen molar-refractivity contribution in [1.29, 1.82) is 0 Å². The Labute approximate surface area is 73.2 Å². The summed E-state index contributed by atoms with van der Waals surface area (Å²) in [5, 5.41) is 0. The summed E-state index contributed by atoms with van der Waals surface area (Å²) in [7, 11) is 5.65. The van der Waals surface area contributed by atoms with Crippen molar-refractivity contribution < 1.29 is 0 Å². The second-order valence-corrected chi connectivity index (χ2v) is 6.16. The zero-order valence-electron chi connectivity index (χ0n) is 6.96. The van der Waals surface area contributed by atoms with Gasteiger partial charge in [0.15, 0.2) is 0 Å². The molecule has 0 amide bonds. The Hall–Kier alpha value is 0.0800. The third-order valence-electron chi connectivity index (χ3n) is 1.73. The van der Waals surface area contributed by atoms with Crippen LogP contribution in [-0.2, 0) is 4.90 Å². The second-order valence-electron chi connectivity index (χ2n) is 3.10. The van der Waals surface area contributed by atoms with E-state index in [9.17, 15) is 0 Å². The molecule has 1 rings (SSSR count). The van der Waals surface area contributed by atoms with Gasteiger partial charge in [0, 0.05) is 4.90 Å². The van der Waals surface area contributed by atoms with E-state index in [1.54, 1.807) is 0 Å². The van der Waals surface area contributed by atoms with Gasteiger partial charge in [0.25, 0.3) is 0 Å². The van der Waals surface area contributed by atoms with Gasteiger partial charge in [0.2, 0.25) is 0 Å². The molecule has 2 heteroatoms. The average molecular weight is 184 g/mol. The largest absolute Gasteiger partial charge is 0.123 e. The monoisotopic (exact) mass is 184 g/mol. The Morgan fingerprint density at radius 2 is 1.73 bits per heavy atom. The summed E-state index contributed by atoms with van der Waals surface area (Å²) in [5.74, 6) is 0. The smallest absolute Gasteiger partial charge is 0.0212 e. The highest BCUT2D eigenvalue weighted by atomic mass is 31.1. The van der Waals surface area contributed by atoms with Gasteiger partial charge in [-0.25, -0.2) is 0 Å². The molecule has 60 valence electrons. The van der Waals surface area contributed by atoms with Crippen molar-refractivity contribution in [3.8, 4) is 0 Å². The Bertz CT molecular complexity index is 248. The summed E-state index contributed by atoms with van der Waals surface area (Å²) in [6.45, 7) is 4.31. The SMILES string of the molecule is Cc1ccccc1C(C)(P)P. The zero-order chi connectivity index (χ0) is 8.48. The molecule has 0 saturated carbocycles. The first kappa shape index (κ1) is 9.17. The van der Waals surface area contributed by atoms with Gasteiger partial charge in [-0.1, -0.05) is 24.3 Å². The molecule has 0 aliphatic heterocycles. The van der Waals surface area contributed by atoms with Crippen molar-refractivity contribution in [1.82, 2.24) is 0 Å². The van der Waals surface area contributed by atoms with Crippen molar-refractivity contribution in [3.05, 3.63) is 35.4 Å². The van der Waals surface area contributed by atoms with E-state index in [0.717, 1.165) is 0 Å². The van der Waals surface area contributed by atoms with Gasteiger partial charge in [-0.15, -0.1) is 18.5 Å². The summed E-state index contributed by atoms with van der Waals surface area (Å²) in [5.41, 5.74) is 2.72. The fraction of sp³-hybridized carbons (Fsp3) is 0.333. The van der Waals surface area contributed by atoms with Gasteiger partial charge >= 0.3 is 0 Å². The minimum Gasteiger partial charge on any atom is -0.123 e. The minimum absolute atomic E-state index is 0.116. The lowest BCUT2D eigenvalue weighted by Gasteiger charge is -2.20. The van der Waals surface area contributed by atoms with E-state index >= 15 is 0 Å². The molecule has 0 N–H and O–H groups in total. The Morgan fingerprint density at radius 3 is 2.09 bits per heavy atom. The molecular formula is C9H14P2. The molecule has 0 heterocycles. The van der Waals surface area contributed by atoms with Crippen molar-refractivity contribution in [2.24, 2.45) is 0 Å². The molecule has 0 saturated heterocycles. The first-order chi connectivity index (χ1) is 5.02. The van der Waals surface area contributed by atoms with E-state index < -0.39 is 0 Å². The van der Waals surface area contributed by atoms with Crippen LogP contribution >= 0.6 is 18.5 Å². The highest BCUT2D eigenvalue weighted by Crippen LogP contribution is 2.39. The molecule has 11 heavy (non-hydrogen) atoms. The Kier molecular flexibility index (Phi) is 2.68. The molecule has 0 radical (unpaired) electrons. The number of hydrogen-bond donors (Lipinski definition) is 0. The number of benzene rings is 1. The predicted molar refractivity (Wildman–Crippen MR) is 58.0 cm³/mol. The maximum Gasteiger partial charge on any atom is 0.0212 e. The second kappa shape index (κ2) is 3.21. The molecular weight excluding hydrogens is 170 g/mol. The highest BCUT2D eigenvalue weighted by molar-refractivity contribution is 7.38.